The molecule has 12 aromatic rings. The smallest absolute Gasteiger partial charge is 0.0619 e. The van der Waals surface area contributed by atoms with Crippen molar-refractivity contribution in [2.24, 2.45) is 0 Å². The van der Waals surface area contributed by atoms with Gasteiger partial charge in [-0.15, -0.1) is 0 Å². The van der Waals surface area contributed by atoms with E-state index in [2.05, 4.69) is 243 Å². The van der Waals surface area contributed by atoms with Gasteiger partial charge in [0, 0.05) is 0 Å². The average Bonchev–Trinajstić information content (AvgIpc) is 4.19. The third-order valence-corrected chi connectivity index (χ3v) is 18.9. The molecule has 0 heteroatoms. The van der Waals surface area contributed by atoms with Gasteiger partial charge in [-0.05, 0) is 228 Å². The maximum absolute atomic E-state index is 2.56. The van der Waals surface area contributed by atoms with Crippen molar-refractivity contribution in [3.8, 4) is 111 Å². The van der Waals surface area contributed by atoms with E-state index in [0.717, 1.165) is 25.7 Å². The molecule has 356 valence electrons. The van der Waals surface area contributed by atoms with Gasteiger partial charge in [-0.1, -0.05) is 218 Å². The number of hydrogen-bond acceptors (Lipinski definition) is 0. The minimum atomic E-state index is -0.545. The van der Waals surface area contributed by atoms with Crippen LogP contribution in [-0.4, -0.2) is 0 Å². The molecule has 0 radical (unpaired) electrons. The normalized spacial score (nSPS) is 14.1. The molecule has 0 nitrogen and oxygen atoms in total. The molecule has 0 N–H and O–H groups in total. The summed E-state index contributed by atoms with van der Waals surface area (Å²) in [5, 5.41) is 0. The lowest BCUT2D eigenvalue weighted by Crippen LogP contribution is -2.25. The second-order valence-electron chi connectivity index (χ2n) is 22.5. The van der Waals surface area contributed by atoms with Crippen LogP contribution in [0, 0.1) is 0 Å². The summed E-state index contributed by atoms with van der Waals surface area (Å²) in [6.07, 6.45) is 3.79. The van der Waals surface area contributed by atoms with Crippen molar-refractivity contribution in [3.05, 3.63) is 309 Å². The molecule has 1 spiro atoms. The Balaban J connectivity index is 0.883. The fraction of sp³-hybridized carbons (Fsp3) is 0.0649. The minimum Gasteiger partial charge on any atom is -0.0619 e. The predicted octanol–water partition coefficient (Wildman–Crippen LogP) is 19.0. The molecular formula is C77H48. The summed E-state index contributed by atoms with van der Waals surface area (Å²) >= 11 is 0. The monoisotopic (exact) mass is 972 g/mol. The Bertz CT molecular complexity index is 4040. The molecule has 0 heterocycles. The van der Waals surface area contributed by atoms with Crippen LogP contribution in [0.25, 0.3) is 111 Å². The molecule has 0 unspecified atom stereocenters. The Kier molecular flexibility index (Phi) is 8.37. The molecule has 6 aliphatic carbocycles. The highest BCUT2D eigenvalue weighted by atomic mass is 14.5. The van der Waals surface area contributed by atoms with Crippen LogP contribution in [0.1, 0.15) is 66.8 Å². The van der Waals surface area contributed by atoms with Crippen LogP contribution in [0.15, 0.2) is 243 Å². The third-order valence-electron chi connectivity index (χ3n) is 18.9. The first-order valence-electron chi connectivity index (χ1n) is 27.6. The molecule has 6 aliphatic rings. The van der Waals surface area contributed by atoms with Crippen LogP contribution in [0.3, 0.4) is 0 Å². The largest absolute Gasteiger partial charge is 0.0725 e. The van der Waals surface area contributed by atoms with Gasteiger partial charge in [-0.2, -0.15) is 0 Å². The quantitative estimate of drug-likeness (QED) is 0.165. The Morgan fingerprint density at radius 2 is 0.403 bits per heavy atom. The van der Waals surface area contributed by atoms with Crippen molar-refractivity contribution in [1.82, 2.24) is 0 Å². The summed E-state index contributed by atoms with van der Waals surface area (Å²) in [5.74, 6) is 0. The number of hydrogen-bond donors (Lipinski definition) is 0. The first kappa shape index (κ1) is 41.9. The lowest BCUT2D eigenvalue weighted by molar-refractivity contribution is 0.794. The molecule has 77 heavy (non-hydrogen) atoms. The summed E-state index contributed by atoms with van der Waals surface area (Å²) < 4.78 is 0. The van der Waals surface area contributed by atoms with E-state index in [1.807, 2.05) is 0 Å². The lowest BCUT2D eigenvalue weighted by Gasteiger charge is -2.31. The van der Waals surface area contributed by atoms with E-state index in [4.69, 9.17) is 0 Å². The fourth-order valence-electron chi connectivity index (χ4n) is 15.6. The fourth-order valence-corrected chi connectivity index (χ4v) is 15.6. The van der Waals surface area contributed by atoms with Crippen molar-refractivity contribution in [1.29, 1.82) is 0 Å². The SMILES string of the molecule is c1ccc2c(c1)Cc1c(-c3ccc4c(c3)-c3cc(-c5cccc6c5Cc5ccccc5-6)ccc3C43c4ccc(-c5cccc6c5Cc5ccccc5-6)cc4-c4cc(-c5cccc6c5Cc5ccccc5-6)ccc43)cccc1-2. The first-order chi connectivity index (χ1) is 38.2. The molecule has 0 saturated heterocycles. The topological polar surface area (TPSA) is 0 Å². The van der Waals surface area contributed by atoms with Gasteiger partial charge in [0.05, 0.1) is 5.41 Å². The minimum absolute atomic E-state index is 0.545. The van der Waals surface area contributed by atoms with Crippen LogP contribution in [0.4, 0.5) is 0 Å². The summed E-state index contributed by atoms with van der Waals surface area (Å²) in [4.78, 5) is 0. The van der Waals surface area contributed by atoms with E-state index in [0.29, 0.717) is 0 Å². The van der Waals surface area contributed by atoms with E-state index in [-0.39, 0.29) is 0 Å². The molecule has 0 amide bonds. The van der Waals surface area contributed by atoms with Gasteiger partial charge in [0.25, 0.3) is 0 Å². The number of benzene rings is 12. The first-order valence-corrected chi connectivity index (χ1v) is 27.6. The van der Waals surface area contributed by atoms with E-state index in [1.54, 1.807) is 0 Å². The highest BCUT2D eigenvalue weighted by molar-refractivity contribution is 6.01. The summed E-state index contributed by atoms with van der Waals surface area (Å²) in [6.45, 7) is 0. The summed E-state index contributed by atoms with van der Waals surface area (Å²) in [7, 11) is 0. The van der Waals surface area contributed by atoms with Gasteiger partial charge < -0.3 is 0 Å². The number of fused-ring (bicyclic) bond motifs is 22. The van der Waals surface area contributed by atoms with Crippen molar-refractivity contribution in [2.45, 2.75) is 31.1 Å². The Hall–Kier alpha value is -9.36. The van der Waals surface area contributed by atoms with Gasteiger partial charge in [0.2, 0.25) is 0 Å². The van der Waals surface area contributed by atoms with Gasteiger partial charge in [-0.25, -0.2) is 0 Å². The van der Waals surface area contributed by atoms with Gasteiger partial charge in [0.15, 0.2) is 0 Å². The Labute approximate surface area is 449 Å². The van der Waals surface area contributed by atoms with Gasteiger partial charge >= 0.3 is 0 Å². The van der Waals surface area contributed by atoms with Crippen LogP contribution in [-0.2, 0) is 31.1 Å². The molecule has 0 aromatic heterocycles. The molecule has 0 fully saturated rings. The molecule has 0 atom stereocenters. The number of rotatable bonds is 4. The van der Waals surface area contributed by atoms with Crippen LogP contribution in [0.2, 0.25) is 0 Å². The summed E-state index contributed by atoms with van der Waals surface area (Å²) in [5.41, 5.74) is 42.9. The maximum atomic E-state index is 2.56. The van der Waals surface area contributed by atoms with E-state index < -0.39 is 5.41 Å². The predicted molar refractivity (Wildman–Crippen MR) is 317 cm³/mol. The summed E-state index contributed by atoms with van der Waals surface area (Å²) in [6, 6.07) is 93.9. The third kappa shape index (κ3) is 5.62. The highest BCUT2D eigenvalue weighted by Gasteiger charge is 2.52. The zero-order valence-electron chi connectivity index (χ0n) is 42.4. The Morgan fingerprint density at radius 1 is 0.182 bits per heavy atom. The lowest BCUT2D eigenvalue weighted by atomic mass is 9.70. The molecule has 0 aliphatic heterocycles. The van der Waals surface area contributed by atoms with Gasteiger partial charge in [-0.3, -0.25) is 0 Å². The van der Waals surface area contributed by atoms with Crippen molar-refractivity contribution >= 4 is 0 Å². The second kappa shape index (κ2) is 15.4. The second-order valence-corrected chi connectivity index (χ2v) is 22.5. The average molecular weight is 973 g/mol. The van der Waals surface area contributed by atoms with Crippen LogP contribution >= 0.6 is 0 Å². The maximum Gasteiger partial charge on any atom is 0.0725 e. The molecule has 18 rings (SSSR count). The Morgan fingerprint density at radius 3 is 0.662 bits per heavy atom. The van der Waals surface area contributed by atoms with Crippen LogP contribution < -0.4 is 0 Å². The van der Waals surface area contributed by atoms with Crippen molar-refractivity contribution < 1.29 is 0 Å². The van der Waals surface area contributed by atoms with Crippen LogP contribution in [0.5, 0.6) is 0 Å². The zero-order chi connectivity index (χ0) is 50.1. The van der Waals surface area contributed by atoms with E-state index >= 15 is 0 Å². The molecular weight excluding hydrogens is 925 g/mol. The zero-order valence-corrected chi connectivity index (χ0v) is 42.4. The molecule has 12 aromatic carbocycles. The highest BCUT2D eigenvalue weighted by Crippen LogP contribution is 2.65. The van der Waals surface area contributed by atoms with E-state index in [9.17, 15) is 0 Å². The molecule has 0 bridgehead atoms. The van der Waals surface area contributed by atoms with Crippen molar-refractivity contribution in [3.63, 3.8) is 0 Å². The van der Waals surface area contributed by atoms with Gasteiger partial charge in [0.1, 0.15) is 0 Å². The van der Waals surface area contributed by atoms with E-state index in [1.165, 1.54) is 178 Å². The standard InChI is InChI=1S/C77H48/c1-5-17-53-45(13-1)37-65-57(21-9-25-61(53)65)49-29-33-73-69(41-49)70-42-50(58-22-10-26-62-54-18-6-2-14-46(54)38-66(58)62)30-34-74(70)77(73)75-35-31-51(59-23-11-27-63-55-19-7-3-15-47(55)39-67(59)63)43-71(75)72-44-52(32-36-76(72)77)60-24-12-28-64-56-20-8-4-16-48(56)40-68(60)64/h1-36,41-44H,37-40H2. The van der Waals surface area contributed by atoms with Crippen molar-refractivity contribution in [2.75, 3.05) is 0 Å². The molecule has 0 saturated carbocycles.